The zero-order chi connectivity index (χ0) is 20.5. The van der Waals surface area contributed by atoms with Crippen LogP contribution in [0.25, 0.3) is 6.08 Å². The van der Waals surface area contributed by atoms with E-state index in [9.17, 15) is 19.2 Å². The van der Waals surface area contributed by atoms with E-state index in [1.807, 2.05) is 0 Å². The second-order valence-electron chi connectivity index (χ2n) is 5.63. The Morgan fingerprint density at radius 3 is 2.32 bits per heavy atom. The van der Waals surface area contributed by atoms with Gasteiger partial charge in [-0.2, -0.15) is 5.26 Å². The van der Waals surface area contributed by atoms with E-state index >= 15 is 0 Å². The molecule has 0 unspecified atom stereocenters. The monoisotopic (exact) mass is 382 g/mol. The number of carbonyl (C=O) groups is 2. The summed E-state index contributed by atoms with van der Waals surface area (Å²) in [7, 11) is 1.53. The first-order chi connectivity index (χ1) is 13.5. The Balaban J connectivity index is 2.03. The minimum atomic E-state index is -0.901. The van der Waals surface area contributed by atoms with Crippen LogP contribution in [0.3, 0.4) is 0 Å². The molecule has 0 aromatic heterocycles. The van der Waals surface area contributed by atoms with Crippen LogP contribution in [-0.2, 0) is 14.3 Å². The Kier molecular flexibility index (Phi) is 7.28. The lowest BCUT2D eigenvalue weighted by molar-refractivity contribution is -0.143. The van der Waals surface area contributed by atoms with Gasteiger partial charge in [0.25, 0.3) is 5.91 Å². The van der Waals surface area contributed by atoms with Crippen LogP contribution in [0.2, 0.25) is 0 Å². The van der Waals surface area contributed by atoms with E-state index < -0.39 is 24.3 Å². The number of ether oxygens (including phenoxy) is 2. The second-order valence-corrected chi connectivity index (χ2v) is 5.63. The number of likely N-dealkylation sites (N-methyl/N-ethyl adjacent to an activating group) is 1. The molecule has 1 amide bonds. The van der Waals surface area contributed by atoms with Gasteiger partial charge in [0.1, 0.15) is 23.2 Å². The van der Waals surface area contributed by atoms with Gasteiger partial charge in [0.2, 0.25) is 0 Å². The molecule has 0 heterocycles. The minimum Gasteiger partial charge on any atom is -0.497 e. The lowest BCUT2D eigenvalue weighted by Gasteiger charge is -2.20. The average molecular weight is 382 g/mol. The Labute approximate surface area is 162 Å². The normalized spacial score (nSPS) is 10.7. The number of halogens is 1. The van der Waals surface area contributed by atoms with E-state index in [-0.39, 0.29) is 5.57 Å². The number of methoxy groups -OCH3 is 1. The van der Waals surface area contributed by atoms with Crippen LogP contribution in [-0.4, -0.2) is 32.1 Å². The number of carbonyl (C=O) groups excluding carboxylic acids is 2. The molecule has 0 saturated carbocycles. The van der Waals surface area contributed by atoms with Crippen molar-refractivity contribution >= 4 is 23.6 Å². The van der Waals surface area contributed by atoms with Gasteiger partial charge in [-0.15, -0.1) is 0 Å². The van der Waals surface area contributed by atoms with Crippen LogP contribution in [0.1, 0.15) is 12.5 Å². The fourth-order valence-corrected chi connectivity index (χ4v) is 2.41. The fraction of sp³-hybridized carbons (Fsp3) is 0.190. The molecular weight excluding hydrogens is 363 g/mol. The van der Waals surface area contributed by atoms with E-state index in [0.717, 1.165) is 0 Å². The predicted octanol–water partition coefficient (Wildman–Crippen LogP) is 3.34. The maximum absolute atomic E-state index is 13.0. The van der Waals surface area contributed by atoms with Gasteiger partial charge in [-0.05, 0) is 55.0 Å². The first kappa shape index (κ1) is 20.6. The summed E-state index contributed by atoms with van der Waals surface area (Å²) >= 11 is 0. The van der Waals surface area contributed by atoms with Crippen LogP contribution in [0, 0.1) is 17.1 Å². The summed E-state index contributed by atoms with van der Waals surface area (Å²) in [6.07, 6.45) is 1.36. The first-order valence-electron chi connectivity index (χ1n) is 8.47. The van der Waals surface area contributed by atoms with Gasteiger partial charge < -0.3 is 14.4 Å². The molecule has 2 aromatic carbocycles. The van der Waals surface area contributed by atoms with Crippen molar-refractivity contribution in [2.75, 3.05) is 25.2 Å². The summed E-state index contributed by atoms with van der Waals surface area (Å²) in [5.41, 5.74) is 0.865. The highest BCUT2D eigenvalue weighted by molar-refractivity contribution is 6.00. The largest absolute Gasteiger partial charge is 0.497 e. The van der Waals surface area contributed by atoms with Crippen molar-refractivity contribution in [1.82, 2.24) is 0 Å². The quantitative estimate of drug-likeness (QED) is 0.417. The van der Waals surface area contributed by atoms with E-state index in [1.165, 1.54) is 42.4 Å². The Morgan fingerprint density at radius 2 is 1.79 bits per heavy atom. The smallest absolute Gasteiger partial charge is 0.349 e. The number of hydrogen-bond acceptors (Lipinski definition) is 5. The molecule has 0 spiro atoms. The lowest BCUT2D eigenvalue weighted by Crippen LogP contribution is -2.34. The molecule has 0 aliphatic carbocycles. The molecule has 2 aromatic rings. The number of esters is 1. The van der Waals surface area contributed by atoms with Gasteiger partial charge >= 0.3 is 5.97 Å². The van der Waals surface area contributed by atoms with Crippen molar-refractivity contribution in [3.63, 3.8) is 0 Å². The van der Waals surface area contributed by atoms with Crippen molar-refractivity contribution in [3.8, 4) is 11.8 Å². The van der Waals surface area contributed by atoms with Gasteiger partial charge in [-0.25, -0.2) is 9.18 Å². The zero-order valence-corrected chi connectivity index (χ0v) is 15.5. The molecule has 0 aliphatic heterocycles. The topological polar surface area (TPSA) is 79.6 Å². The molecular formula is C21H19FN2O4. The molecule has 0 fully saturated rings. The highest BCUT2D eigenvalue weighted by Gasteiger charge is 2.18. The van der Waals surface area contributed by atoms with E-state index in [1.54, 1.807) is 37.3 Å². The fourth-order valence-electron chi connectivity index (χ4n) is 2.41. The number of hydrogen-bond donors (Lipinski definition) is 0. The molecule has 0 bridgehead atoms. The lowest BCUT2D eigenvalue weighted by atomic mass is 10.1. The Morgan fingerprint density at radius 1 is 1.14 bits per heavy atom. The SMILES string of the molecule is CCN(C(=O)COC(=O)/C(C#N)=C/c1ccc(OC)cc1)c1ccc(F)cc1. The van der Waals surface area contributed by atoms with Crippen molar-refractivity contribution in [2.24, 2.45) is 0 Å². The summed E-state index contributed by atoms with van der Waals surface area (Å²) in [6.45, 7) is 1.52. The van der Waals surface area contributed by atoms with Gasteiger partial charge in [-0.1, -0.05) is 12.1 Å². The summed E-state index contributed by atoms with van der Waals surface area (Å²) in [4.78, 5) is 25.8. The molecule has 0 atom stereocenters. The van der Waals surface area contributed by atoms with Crippen LogP contribution in [0.15, 0.2) is 54.1 Å². The van der Waals surface area contributed by atoms with E-state index in [4.69, 9.17) is 9.47 Å². The molecule has 6 nitrogen and oxygen atoms in total. The third kappa shape index (κ3) is 5.42. The standard InChI is InChI=1S/C21H19FN2O4/c1-3-24(18-8-6-17(22)7-9-18)20(25)14-28-21(26)16(13-23)12-15-4-10-19(27-2)11-5-15/h4-12H,3,14H2,1-2H3/b16-12+. The number of amides is 1. The maximum atomic E-state index is 13.0. The second kappa shape index (κ2) is 9.88. The maximum Gasteiger partial charge on any atom is 0.349 e. The van der Waals surface area contributed by atoms with Crippen molar-refractivity contribution in [2.45, 2.75) is 6.92 Å². The van der Waals surface area contributed by atoms with Gasteiger partial charge in [-0.3, -0.25) is 4.79 Å². The van der Waals surface area contributed by atoms with Crippen LogP contribution >= 0.6 is 0 Å². The molecule has 2 rings (SSSR count). The van der Waals surface area contributed by atoms with E-state index in [2.05, 4.69) is 0 Å². The number of nitrogens with zero attached hydrogens (tertiary/aromatic N) is 2. The molecule has 0 radical (unpaired) electrons. The first-order valence-corrected chi connectivity index (χ1v) is 8.47. The van der Waals surface area contributed by atoms with Crippen LogP contribution in [0.4, 0.5) is 10.1 Å². The molecule has 0 saturated heterocycles. The number of anilines is 1. The number of nitriles is 1. The molecule has 7 heteroatoms. The van der Waals surface area contributed by atoms with Crippen molar-refractivity contribution < 1.29 is 23.5 Å². The van der Waals surface area contributed by atoms with E-state index in [0.29, 0.717) is 23.5 Å². The Hall–Kier alpha value is -3.66. The minimum absolute atomic E-state index is 0.234. The molecule has 0 N–H and O–H groups in total. The van der Waals surface area contributed by atoms with Gasteiger partial charge in [0.15, 0.2) is 6.61 Å². The average Bonchev–Trinajstić information content (AvgIpc) is 2.72. The third-order valence-electron chi connectivity index (χ3n) is 3.85. The summed E-state index contributed by atoms with van der Waals surface area (Å²) in [5.74, 6) is -1.16. The Bertz CT molecular complexity index is 899. The number of rotatable bonds is 7. The molecule has 144 valence electrons. The summed E-state index contributed by atoms with van der Waals surface area (Å²) in [5, 5.41) is 9.21. The number of benzene rings is 2. The summed E-state index contributed by atoms with van der Waals surface area (Å²) in [6, 6.07) is 13.9. The molecule has 0 aliphatic rings. The highest BCUT2D eigenvalue weighted by Crippen LogP contribution is 2.16. The van der Waals surface area contributed by atoms with Crippen molar-refractivity contribution in [1.29, 1.82) is 5.26 Å². The van der Waals surface area contributed by atoms with Crippen molar-refractivity contribution in [3.05, 3.63) is 65.5 Å². The van der Waals surface area contributed by atoms with Crippen LogP contribution < -0.4 is 9.64 Å². The summed E-state index contributed by atoms with van der Waals surface area (Å²) < 4.78 is 23.1. The van der Waals surface area contributed by atoms with Gasteiger partial charge in [0, 0.05) is 12.2 Å². The molecule has 28 heavy (non-hydrogen) atoms. The highest BCUT2D eigenvalue weighted by atomic mass is 19.1. The van der Waals surface area contributed by atoms with Gasteiger partial charge in [0.05, 0.1) is 7.11 Å². The zero-order valence-electron chi connectivity index (χ0n) is 15.5. The predicted molar refractivity (Wildman–Crippen MR) is 102 cm³/mol. The third-order valence-corrected chi connectivity index (χ3v) is 3.85. The van der Waals surface area contributed by atoms with Crippen LogP contribution in [0.5, 0.6) is 5.75 Å².